The first-order chi connectivity index (χ1) is 15.1. The van der Waals surface area contributed by atoms with E-state index in [0.29, 0.717) is 6.42 Å². The zero-order chi connectivity index (χ0) is 25.2. The van der Waals surface area contributed by atoms with Crippen LogP contribution in [0.4, 0.5) is 10.5 Å². The fourth-order valence-electron chi connectivity index (χ4n) is 4.19. The smallest absolute Gasteiger partial charge is 0.411 e. The van der Waals surface area contributed by atoms with Crippen LogP contribution in [0.2, 0.25) is 0 Å². The van der Waals surface area contributed by atoms with Gasteiger partial charge in [-0.3, -0.25) is 9.69 Å². The number of hydrogen-bond donors (Lipinski definition) is 1. The van der Waals surface area contributed by atoms with E-state index in [9.17, 15) is 14.4 Å². The average molecular weight is 479 g/mol. The van der Waals surface area contributed by atoms with E-state index in [0.717, 1.165) is 21.7 Å². The molecule has 1 fully saturated rings. The number of aryl methyl sites for hydroxylation is 2. The first-order valence-electron chi connectivity index (χ1n) is 11.4. The molecule has 1 aromatic heterocycles. The number of likely N-dealkylation sites (tertiary alicyclic amines) is 1. The van der Waals surface area contributed by atoms with Crippen molar-refractivity contribution in [3.63, 3.8) is 0 Å². The monoisotopic (exact) mass is 478 g/mol. The van der Waals surface area contributed by atoms with Crippen molar-refractivity contribution in [2.75, 3.05) is 18.5 Å². The van der Waals surface area contributed by atoms with Crippen LogP contribution in [0.15, 0.2) is 17.0 Å². The number of esters is 1. The Morgan fingerprint density at radius 2 is 1.82 bits per heavy atom. The van der Waals surface area contributed by atoms with Crippen LogP contribution in [0.1, 0.15) is 71.7 Å². The molecule has 2 amide bonds. The Labute approximate surface area is 201 Å². The van der Waals surface area contributed by atoms with Gasteiger partial charge in [-0.2, -0.15) is 0 Å². The molecule has 7 nitrogen and oxygen atoms in total. The molecule has 0 radical (unpaired) electrons. The first kappa shape index (κ1) is 26.9. The maximum Gasteiger partial charge on any atom is 0.411 e. The quantitative estimate of drug-likeness (QED) is 0.449. The number of carbonyl (C=O) groups excluding carboxylic acids is 3. The standard InChI is InChI=1S/C25H38N2O5S/c1-10-31-19(28)13-18-11-12-27(22(30)32-24(7,8)9)25(14-18,23(4,5)6)21(29)26-20-16(2)15-33-17(20)3/h13,15H,10-12,14H2,1-9H3,(H,26,29)/t25-/m1/s1. The lowest BCUT2D eigenvalue weighted by molar-refractivity contribution is -0.139. The molecular formula is C25H38N2O5S. The number of nitrogens with one attached hydrogen (secondary N) is 1. The summed E-state index contributed by atoms with van der Waals surface area (Å²) in [5.41, 5.74) is -0.140. The van der Waals surface area contributed by atoms with Crippen molar-refractivity contribution < 1.29 is 23.9 Å². The molecule has 0 saturated carbocycles. The second-order valence-electron chi connectivity index (χ2n) is 10.5. The van der Waals surface area contributed by atoms with E-state index in [1.165, 1.54) is 6.08 Å². The SMILES string of the molecule is CCOC(=O)C=C1CCN(C(=O)OC(C)(C)C)[C@](C(=O)Nc2c(C)csc2C)(C(C)(C)C)C1. The van der Waals surface area contributed by atoms with Crippen molar-refractivity contribution in [2.45, 2.75) is 86.3 Å². The third-order valence-electron chi connectivity index (χ3n) is 5.84. The van der Waals surface area contributed by atoms with Crippen LogP contribution in [0.3, 0.4) is 0 Å². The normalized spacial score (nSPS) is 20.5. The van der Waals surface area contributed by atoms with E-state index in [2.05, 4.69) is 5.32 Å². The second-order valence-corrected chi connectivity index (χ2v) is 11.6. The number of nitrogens with zero attached hydrogens (tertiary/aromatic N) is 1. The topological polar surface area (TPSA) is 84.9 Å². The Kier molecular flexibility index (Phi) is 8.05. The van der Waals surface area contributed by atoms with E-state index in [1.54, 1.807) is 43.9 Å². The summed E-state index contributed by atoms with van der Waals surface area (Å²) in [6.45, 7) is 17.4. The molecule has 0 unspecified atom stereocenters. The summed E-state index contributed by atoms with van der Waals surface area (Å²) in [5, 5.41) is 5.09. The highest BCUT2D eigenvalue weighted by Crippen LogP contribution is 2.46. The van der Waals surface area contributed by atoms with Crippen LogP contribution in [-0.4, -0.2) is 47.2 Å². The Hall–Kier alpha value is -2.35. The number of rotatable bonds is 4. The van der Waals surface area contributed by atoms with E-state index in [1.807, 2.05) is 40.0 Å². The Morgan fingerprint density at radius 1 is 1.18 bits per heavy atom. The lowest BCUT2D eigenvalue weighted by Crippen LogP contribution is -2.68. The minimum atomic E-state index is -1.27. The van der Waals surface area contributed by atoms with Gasteiger partial charge in [0.05, 0.1) is 12.3 Å². The van der Waals surface area contributed by atoms with Crippen LogP contribution in [0.5, 0.6) is 0 Å². The molecule has 8 heteroatoms. The summed E-state index contributed by atoms with van der Waals surface area (Å²) >= 11 is 1.56. The van der Waals surface area contributed by atoms with Gasteiger partial charge < -0.3 is 14.8 Å². The van der Waals surface area contributed by atoms with E-state index in [-0.39, 0.29) is 25.5 Å². The highest BCUT2D eigenvalue weighted by atomic mass is 32.1. The van der Waals surface area contributed by atoms with Crippen LogP contribution in [0.25, 0.3) is 0 Å². The average Bonchev–Trinajstić information content (AvgIpc) is 2.97. The molecule has 2 rings (SSSR count). The summed E-state index contributed by atoms with van der Waals surface area (Å²) in [4.78, 5) is 42.2. The molecule has 33 heavy (non-hydrogen) atoms. The van der Waals surface area contributed by atoms with E-state index in [4.69, 9.17) is 9.47 Å². The molecule has 184 valence electrons. The molecule has 1 saturated heterocycles. The van der Waals surface area contributed by atoms with Crippen molar-refractivity contribution in [3.05, 3.63) is 27.5 Å². The van der Waals surface area contributed by atoms with Crippen LogP contribution in [-0.2, 0) is 19.1 Å². The van der Waals surface area contributed by atoms with Crippen molar-refractivity contribution in [1.82, 2.24) is 4.90 Å². The van der Waals surface area contributed by atoms with Crippen molar-refractivity contribution in [2.24, 2.45) is 5.41 Å². The minimum Gasteiger partial charge on any atom is -0.463 e. The van der Waals surface area contributed by atoms with Crippen LogP contribution < -0.4 is 5.32 Å². The predicted molar refractivity (Wildman–Crippen MR) is 131 cm³/mol. The Morgan fingerprint density at radius 3 is 2.30 bits per heavy atom. The molecule has 1 atom stereocenters. The summed E-state index contributed by atoms with van der Waals surface area (Å²) in [6.07, 6.45) is 1.59. The van der Waals surface area contributed by atoms with Crippen molar-refractivity contribution in [1.29, 1.82) is 0 Å². The van der Waals surface area contributed by atoms with Gasteiger partial charge >= 0.3 is 12.1 Å². The molecule has 0 aliphatic carbocycles. The van der Waals surface area contributed by atoms with E-state index < -0.39 is 28.6 Å². The fraction of sp³-hybridized carbons (Fsp3) is 0.640. The van der Waals surface area contributed by atoms with Crippen molar-refractivity contribution >= 4 is 35.0 Å². The molecule has 0 bridgehead atoms. The number of amides is 2. The maximum atomic E-state index is 14.1. The lowest BCUT2D eigenvalue weighted by atomic mass is 9.66. The van der Waals surface area contributed by atoms with Gasteiger partial charge in [-0.25, -0.2) is 9.59 Å². The molecule has 1 N–H and O–H groups in total. The highest BCUT2D eigenvalue weighted by molar-refractivity contribution is 7.10. The Bertz CT molecular complexity index is 916. The zero-order valence-electron chi connectivity index (χ0n) is 21.4. The molecule has 0 spiro atoms. The summed E-state index contributed by atoms with van der Waals surface area (Å²) in [7, 11) is 0. The number of ether oxygens (including phenoxy) is 2. The number of carbonyl (C=O) groups is 3. The highest BCUT2D eigenvalue weighted by Gasteiger charge is 2.57. The van der Waals surface area contributed by atoms with Crippen LogP contribution >= 0.6 is 11.3 Å². The molecule has 0 aromatic carbocycles. The molecule has 1 aliphatic rings. The summed E-state index contributed by atoms with van der Waals surface area (Å²) < 4.78 is 10.8. The minimum absolute atomic E-state index is 0.211. The van der Waals surface area contributed by atoms with Gasteiger partial charge in [-0.1, -0.05) is 26.3 Å². The largest absolute Gasteiger partial charge is 0.463 e. The molecule has 1 aliphatic heterocycles. The molecule has 1 aromatic rings. The number of hydrogen-bond acceptors (Lipinski definition) is 6. The summed E-state index contributed by atoms with van der Waals surface area (Å²) in [5.74, 6) is -0.731. The van der Waals surface area contributed by atoms with Crippen molar-refractivity contribution in [3.8, 4) is 0 Å². The van der Waals surface area contributed by atoms with Gasteiger partial charge in [0.2, 0.25) is 0 Å². The van der Waals surface area contributed by atoms with Crippen LogP contribution in [0, 0.1) is 19.3 Å². The second kappa shape index (κ2) is 9.87. The van der Waals surface area contributed by atoms with Gasteiger partial charge in [0, 0.05) is 23.9 Å². The third-order valence-corrected chi connectivity index (χ3v) is 6.87. The van der Waals surface area contributed by atoms with E-state index >= 15 is 0 Å². The predicted octanol–water partition coefficient (Wildman–Crippen LogP) is 5.61. The Balaban J connectivity index is 2.60. The van der Waals surface area contributed by atoms with Gasteiger partial charge in [0.25, 0.3) is 5.91 Å². The molecular weight excluding hydrogens is 440 g/mol. The first-order valence-corrected chi connectivity index (χ1v) is 12.2. The fourth-order valence-corrected chi connectivity index (χ4v) is 4.99. The number of thiophene rings is 1. The van der Waals surface area contributed by atoms with Gasteiger partial charge in [0.15, 0.2) is 0 Å². The summed E-state index contributed by atoms with van der Waals surface area (Å²) in [6, 6.07) is 0. The van der Waals surface area contributed by atoms with Gasteiger partial charge in [-0.05, 0) is 64.3 Å². The maximum absolute atomic E-state index is 14.1. The number of piperidine rings is 1. The third kappa shape index (κ3) is 5.96. The number of anilines is 1. The zero-order valence-corrected chi connectivity index (χ0v) is 22.2. The van der Waals surface area contributed by atoms with Gasteiger partial charge in [-0.15, -0.1) is 11.3 Å². The molecule has 2 heterocycles. The lowest BCUT2D eigenvalue weighted by Gasteiger charge is -2.53. The van der Waals surface area contributed by atoms with Gasteiger partial charge in [0.1, 0.15) is 11.1 Å².